The number of aliphatic hydroxyl groups is 1. The zero-order chi connectivity index (χ0) is 24.0. The third kappa shape index (κ3) is 7.26. The minimum atomic E-state index is -4.41. The van der Waals surface area contributed by atoms with Crippen LogP contribution in [-0.4, -0.2) is 46.8 Å². The van der Waals surface area contributed by atoms with E-state index < -0.39 is 18.8 Å². The second-order valence-corrected chi connectivity index (χ2v) is 9.10. The fourth-order valence-electron chi connectivity index (χ4n) is 3.75. The van der Waals surface area contributed by atoms with Crippen LogP contribution in [0.2, 0.25) is 0 Å². The minimum absolute atomic E-state index is 0.0259. The molecule has 6 nitrogen and oxygen atoms in total. The van der Waals surface area contributed by atoms with Crippen molar-refractivity contribution in [1.29, 1.82) is 0 Å². The van der Waals surface area contributed by atoms with Crippen molar-refractivity contribution in [3.63, 3.8) is 0 Å². The average Bonchev–Trinajstić information content (AvgIpc) is 3.27. The van der Waals surface area contributed by atoms with Gasteiger partial charge in [0.05, 0.1) is 22.7 Å². The lowest BCUT2D eigenvalue weighted by molar-refractivity contribution is -0.118. The van der Waals surface area contributed by atoms with Crippen LogP contribution in [0.25, 0.3) is 11.6 Å². The van der Waals surface area contributed by atoms with Gasteiger partial charge < -0.3 is 15.7 Å². The number of halogens is 3. The quantitative estimate of drug-likeness (QED) is 0.501. The minimum Gasteiger partial charge on any atom is -0.393 e. The number of rotatable bonds is 6. The molecule has 1 aromatic rings. The number of allylic oxidation sites excluding steroid dienone is 4. The molecule has 3 rings (SSSR count). The number of aromatic nitrogens is 1. The molecule has 3 N–H and O–H groups in total. The number of aliphatic hydroxyl groups excluding tert-OH is 1. The first-order valence-electron chi connectivity index (χ1n) is 11.1. The highest BCUT2D eigenvalue weighted by Crippen LogP contribution is 2.32. The van der Waals surface area contributed by atoms with E-state index in [1.807, 2.05) is 45.1 Å². The third-order valence-corrected chi connectivity index (χ3v) is 6.55. The van der Waals surface area contributed by atoms with Crippen molar-refractivity contribution in [1.82, 2.24) is 15.6 Å². The number of aliphatic imine (C=N–C) groups is 2. The molecule has 1 aromatic heterocycles. The first-order valence-corrected chi connectivity index (χ1v) is 11.9. The fraction of sp³-hybridized carbons (Fsp3) is 0.522. The number of nitrogens with zero attached hydrogens (tertiary/aromatic N) is 3. The summed E-state index contributed by atoms with van der Waals surface area (Å²) < 4.78 is 38.5. The Balaban J connectivity index is 2.00. The molecule has 1 fully saturated rings. The molecule has 33 heavy (non-hydrogen) atoms. The maximum Gasteiger partial charge on any atom is 0.408 e. The number of alkyl halides is 3. The Labute approximate surface area is 196 Å². The predicted octanol–water partition coefficient (Wildman–Crippen LogP) is 4.98. The van der Waals surface area contributed by atoms with Gasteiger partial charge in [0.25, 0.3) is 0 Å². The zero-order valence-corrected chi connectivity index (χ0v) is 19.9. The Morgan fingerprint density at radius 2 is 2.03 bits per heavy atom. The molecule has 2 atom stereocenters. The third-order valence-electron chi connectivity index (χ3n) is 5.37. The van der Waals surface area contributed by atoms with Gasteiger partial charge in [-0.3, -0.25) is 4.99 Å². The van der Waals surface area contributed by atoms with Crippen molar-refractivity contribution in [2.24, 2.45) is 9.98 Å². The van der Waals surface area contributed by atoms with Crippen LogP contribution in [0, 0.1) is 6.92 Å². The van der Waals surface area contributed by atoms with E-state index >= 15 is 0 Å². The van der Waals surface area contributed by atoms with Gasteiger partial charge in [0.1, 0.15) is 17.4 Å². The molecular weight excluding hydrogens is 451 g/mol. The maximum absolute atomic E-state index is 12.8. The molecule has 0 bridgehead atoms. The smallest absolute Gasteiger partial charge is 0.393 e. The summed E-state index contributed by atoms with van der Waals surface area (Å²) in [5.41, 5.74) is 2.54. The van der Waals surface area contributed by atoms with Crippen molar-refractivity contribution < 1.29 is 18.3 Å². The molecule has 1 aliphatic carbocycles. The van der Waals surface area contributed by atoms with Gasteiger partial charge in [0.15, 0.2) is 0 Å². The van der Waals surface area contributed by atoms with Gasteiger partial charge in [-0.25, -0.2) is 9.98 Å². The average molecular weight is 482 g/mol. The van der Waals surface area contributed by atoms with Gasteiger partial charge in [0, 0.05) is 17.7 Å². The first-order chi connectivity index (χ1) is 15.7. The molecule has 0 aromatic carbocycles. The van der Waals surface area contributed by atoms with E-state index in [4.69, 9.17) is 9.98 Å². The lowest BCUT2D eigenvalue weighted by atomic mass is 10.1. The molecule has 1 saturated carbocycles. The second kappa shape index (κ2) is 11.1. The van der Waals surface area contributed by atoms with E-state index in [0.29, 0.717) is 31.5 Å². The normalized spacial score (nSPS) is 24.8. The summed E-state index contributed by atoms with van der Waals surface area (Å²) in [6.07, 6.45) is 5.94. The molecule has 2 heterocycles. The number of hydrogen-bond acceptors (Lipinski definition) is 5. The van der Waals surface area contributed by atoms with Crippen LogP contribution >= 0.6 is 11.3 Å². The highest BCUT2D eigenvalue weighted by Gasteiger charge is 2.29. The van der Waals surface area contributed by atoms with E-state index in [2.05, 4.69) is 15.6 Å². The van der Waals surface area contributed by atoms with E-state index in [9.17, 15) is 18.3 Å². The number of amidine groups is 1. The lowest BCUT2D eigenvalue weighted by Gasteiger charge is -2.13. The summed E-state index contributed by atoms with van der Waals surface area (Å²) >= 11 is 1.54. The fourth-order valence-corrected chi connectivity index (χ4v) is 4.80. The predicted molar refractivity (Wildman–Crippen MR) is 128 cm³/mol. The van der Waals surface area contributed by atoms with Crippen molar-refractivity contribution in [3.05, 3.63) is 39.5 Å². The van der Waals surface area contributed by atoms with E-state index in [-0.39, 0.29) is 12.0 Å². The van der Waals surface area contributed by atoms with Gasteiger partial charge in [-0.1, -0.05) is 25.2 Å². The zero-order valence-electron chi connectivity index (χ0n) is 19.0. The van der Waals surface area contributed by atoms with Gasteiger partial charge in [-0.2, -0.15) is 13.2 Å². The highest BCUT2D eigenvalue weighted by molar-refractivity contribution is 7.13. The van der Waals surface area contributed by atoms with Gasteiger partial charge in [-0.15, -0.1) is 11.3 Å². The SMILES string of the molecule is C/C=C\C=C/c1sc(C2=C(CC)NC(=NCC(F)(F)F)NC(=NC3CCC(O)C3)C2)nc1C. The standard InChI is InChI=1S/C23H30F3N5OS/c1-4-6-7-8-19-14(3)28-21(33-19)17-12-20(29-15-9-10-16(32)11-15)31-22(30-18(17)5-2)27-13-23(24,25)26/h4,6-8,15-16,32H,5,9-13H2,1-3H3,(H2,27,29,30,31)/b6-4-,8-7-. The van der Waals surface area contributed by atoms with E-state index in [1.54, 1.807) is 0 Å². The summed E-state index contributed by atoms with van der Waals surface area (Å²) in [5, 5.41) is 16.7. The summed E-state index contributed by atoms with van der Waals surface area (Å²) in [6.45, 7) is 4.53. The van der Waals surface area contributed by atoms with Crippen LogP contribution in [0.4, 0.5) is 13.2 Å². The molecule has 2 unspecified atom stereocenters. The molecule has 0 radical (unpaired) electrons. The summed E-state index contributed by atoms with van der Waals surface area (Å²) in [7, 11) is 0. The number of aryl methyl sites for hydroxylation is 1. The van der Waals surface area contributed by atoms with Crippen LogP contribution in [0.15, 0.2) is 33.9 Å². The maximum atomic E-state index is 12.8. The Bertz CT molecular complexity index is 991. The van der Waals surface area contributed by atoms with Crippen molar-refractivity contribution >= 4 is 34.8 Å². The second-order valence-electron chi connectivity index (χ2n) is 8.07. The number of thiazole rings is 1. The van der Waals surface area contributed by atoms with Crippen LogP contribution in [0.1, 0.15) is 61.5 Å². The Hall–Kier alpha value is -2.46. The molecule has 180 valence electrons. The van der Waals surface area contributed by atoms with Crippen LogP contribution in [-0.2, 0) is 0 Å². The molecule has 0 saturated heterocycles. The first kappa shape index (κ1) is 25.2. The van der Waals surface area contributed by atoms with Gasteiger partial charge >= 0.3 is 6.18 Å². The molecule has 0 amide bonds. The van der Waals surface area contributed by atoms with Crippen molar-refractivity contribution in [2.45, 2.75) is 71.2 Å². The van der Waals surface area contributed by atoms with E-state index in [0.717, 1.165) is 33.3 Å². The van der Waals surface area contributed by atoms with E-state index in [1.165, 1.54) is 11.3 Å². The van der Waals surface area contributed by atoms with Crippen LogP contribution in [0.3, 0.4) is 0 Å². The van der Waals surface area contributed by atoms with Crippen molar-refractivity contribution in [2.75, 3.05) is 6.54 Å². The summed E-state index contributed by atoms with van der Waals surface area (Å²) in [5.74, 6) is 0.554. The monoisotopic (exact) mass is 481 g/mol. The van der Waals surface area contributed by atoms with Gasteiger partial charge in [0.2, 0.25) is 5.96 Å². The lowest BCUT2D eigenvalue weighted by Crippen LogP contribution is -2.39. The van der Waals surface area contributed by atoms with Gasteiger partial charge in [-0.05, 0) is 45.6 Å². The Kier molecular flexibility index (Phi) is 8.47. The molecule has 1 aliphatic heterocycles. The highest BCUT2D eigenvalue weighted by atomic mass is 32.1. The Morgan fingerprint density at radius 1 is 1.24 bits per heavy atom. The largest absolute Gasteiger partial charge is 0.408 e. The number of guanidine groups is 1. The number of nitrogens with one attached hydrogen (secondary N) is 2. The molecular formula is C23H30F3N5OS. The van der Waals surface area contributed by atoms with Crippen molar-refractivity contribution in [3.8, 4) is 0 Å². The number of hydrogen-bond donors (Lipinski definition) is 3. The summed E-state index contributed by atoms with van der Waals surface area (Å²) in [4.78, 5) is 14.2. The summed E-state index contributed by atoms with van der Waals surface area (Å²) in [6, 6.07) is -0.0758. The molecule has 10 heteroatoms. The molecule has 0 spiro atoms. The van der Waals surface area contributed by atoms with Crippen LogP contribution < -0.4 is 10.6 Å². The molecule has 2 aliphatic rings. The Morgan fingerprint density at radius 3 is 2.67 bits per heavy atom. The van der Waals surface area contributed by atoms with Crippen LogP contribution in [0.5, 0.6) is 0 Å². The topological polar surface area (TPSA) is 81.9 Å².